The average molecular weight is 1010 g/mol. The highest BCUT2D eigenvalue weighted by Crippen LogP contribution is 2.26. The second-order valence-electron chi connectivity index (χ2n) is 19.7. The van der Waals surface area contributed by atoms with Crippen LogP contribution >= 0.6 is 0 Å². The Morgan fingerprint density at radius 1 is 0.479 bits per heavy atom. The van der Waals surface area contributed by atoms with Gasteiger partial charge in [0.05, 0.1) is 26.4 Å². The Morgan fingerprint density at radius 3 is 1.45 bits per heavy atom. The fourth-order valence-corrected chi connectivity index (χ4v) is 8.77. The Kier molecular flexibility index (Phi) is 40.6. The monoisotopic (exact) mass is 1010 g/mol. The molecule has 0 radical (unpaired) electrons. The fourth-order valence-electron chi connectivity index (χ4n) is 8.77. The molecule has 0 aliphatic carbocycles. The highest BCUT2D eigenvalue weighted by molar-refractivity contribution is 5.69. The van der Waals surface area contributed by atoms with E-state index in [9.17, 15) is 40.5 Å². The first-order valence-electron chi connectivity index (χ1n) is 28.2. The predicted octanol–water partition coefficient (Wildman–Crippen LogP) is 9.52. The Hall–Kier alpha value is -2.05. The van der Waals surface area contributed by atoms with Gasteiger partial charge in [0, 0.05) is 13.0 Å². The van der Waals surface area contributed by atoms with Crippen molar-refractivity contribution in [1.82, 2.24) is 0 Å². The van der Waals surface area contributed by atoms with Crippen LogP contribution in [0.2, 0.25) is 0 Å². The molecule has 71 heavy (non-hydrogen) atoms. The molecule has 2 saturated heterocycles. The maximum atomic E-state index is 13.0. The van der Waals surface area contributed by atoms with Gasteiger partial charge in [0.15, 0.2) is 12.6 Å². The molecule has 14 heteroatoms. The number of carbonyl (C=O) groups excluding carboxylic acids is 1. The van der Waals surface area contributed by atoms with Crippen LogP contribution in [0.3, 0.4) is 0 Å². The van der Waals surface area contributed by atoms with Gasteiger partial charge in [0.25, 0.3) is 0 Å². The maximum absolute atomic E-state index is 13.0. The van der Waals surface area contributed by atoms with Crippen molar-refractivity contribution in [1.29, 1.82) is 0 Å². The molecule has 11 unspecified atom stereocenters. The maximum Gasteiger partial charge on any atom is 0.306 e. The number of ether oxygens (including phenoxy) is 6. The standard InChI is InChI=1S/C57H102O14/c1-3-5-7-9-11-13-15-17-19-20-21-22-23-24-25-27-29-31-33-35-37-39-41-66-43-46(69-49(59)40-38-36-34-32-30-28-26-18-16-14-12-10-8-6-4-2)44-67-56-55(65)53(63)51(61)48(71-56)45-68-57-54(64)52(62)50(60)47(42-58)70-57/h6,8,12,14,18,20-21,26,46-48,50-58,60-65H,3-5,7,9-11,13,15-17,19,22-25,27-45H2,1-2H3/b8-6-,14-12-,21-20-,26-18-. The van der Waals surface area contributed by atoms with Gasteiger partial charge in [-0.15, -0.1) is 0 Å². The number of allylic oxidation sites excluding steroid dienone is 8. The average Bonchev–Trinajstić information content (AvgIpc) is 3.37. The lowest BCUT2D eigenvalue weighted by atomic mass is 9.98. The van der Waals surface area contributed by atoms with Gasteiger partial charge in [-0.2, -0.15) is 0 Å². The molecule has 2 aliphatic rings. The van der Waals surface area contributed by atoms with Crippen molar-refractivity contribution >= 4 is 5.97 Å². The summed E-state index contributed by atoms with van der Waals surface area (Å²) in [6, 6.07) is 0. The molecule has 0 spiro atoms. The lowest BCUT2D eigenvalue weighted by molar-refractivity contribution is -0.332. The van der Waals surface area contributed by atoms with Crippen LogP contribution in [0.4, 0.5) is 0 Å². The third kappa shape index (κ3) is 31.4. The summed E-state index contributed by atoms with van der Waals surface area (Å²) in [5.74, 6) is -0.393. The zero-order valence-electron chi connectivity index (χ0n) is 44.2. The van der Waals surface area contributed by atoms with Gasteiger partial charge in [-0.25, -0.2) is 0 Å². The molecule has 0 bridgehead atoms. The summed E-state index contributed by atoms with van der Waals surface area (Å²) in [5, 5.41) is 72.3. The van der Waals surface area contributed by atoms with Crippen molar-refractivity contribution in [3.8, 4) is 0 Å². The molecule has 2 heterocycles. The van der Waals surface area contributed by atoms with Crippen molar-refractivity contribution in [3.05, 3.63) is 48.6 Å². The second kappa shape index (κ2) is 44.3. The summed E-state index contributed by atoms with van der Waals surface area (Å²) < 4.78 is 34.3. The van der Waals surface area contributed by atoms with Gasteiger partial charge in [-0.3, -0.25) is 4.79 Å². The van der Waals surface area contributed by atoms with E-state index in [1.165, 1.54) is 109 Å². The molecule has 414 valence electrons. The molecule has 0 aromatic carbocycles. The van der Waals surface area contributed by atoms with E-state index in [2.05, 4.69) is 62.5 Å². The zero-order chi connectivity index (χ0) is 51.6. The smallest absolute Gasteiger partial charge is 0.306 e. The van der Waals surface area contributed by atoms with Crippen LogP contribution in [0.15, 0.2) is 48.6 Å². The van der Waals surface area contributed by atoms with Crippen molar-refractivity contribution in [2.45, 2.75) is 274 Å². The lowest BCUT2D eigenvalue weighted by Gasteiger charge is -2.42. The van der Waals surface area contributed by atoms with Gasteiger partial charge in [-0.1, -0.05) is 178 Å². The minimum atomic E-state index is -1.71. The zero-order valence-corrected chi connectivity index (χ0v) is 44.2. The van der Waals surface area contributed by atoms with Crippen molar-refractivity contribution < 1.29 is 69.0 Å². The first kappa shape index (κ1) is 65.1. The van der Waals surface area contributed by atoms with Crippen LogP contribution in [-0.4, -0.2) is 142 Å². The molecule has 0 aromatic heterocycles. The number of aliphatic hydroxyl groups is 7. The van der Waals surface area contributed by atoms with Crippen LogP contribution in [-0.2, 0) is 33.2 Å². The largest absolute Gasteiger partial charge is 0.457 e. The van der Waals surface area contributed by atoms with E-state index in [0.717, 1.165) is 70.6 Å². The molecule has 0 aromatic rings. The predicted molar refractivity (Wildman–Crippen MR) is 279 cm³/mol. The van der Waals surface area contributed by atoms with Gasteiger partial charge >= 0.3 is 5.97 Å². The topological polar surface area (TPSA) is 214 Å². The first-order chi connectivity index (χ1) is 34.6. The normalized spacial score (nSPS) is 25.6. The third-order valence-electron chi connectivity index (χ3n) is 13.3. The molecular weight excluding hydrogens is 909 g/mol. The van der Waals surface area contributed by atoms with Gasteiger partial charge in [0.2, 0.25) is 0 Å². The van der Waals surface area contributed by atoms with Crippen LogP contribution in [0.25, 0.3) is 0 Å². The van der Waals surface area contributed by atoms with Crippen LogP contribution in [0.1, 0.15) is 206 Å². The highest BCUT2D eigenvalue weighted by atomic mass is 16.7. The minimum absolute atomic E-state index is 0.0532. The molecule has 11 atom stereocenters. The Balaban J connectivity index is 1.72. The van der Waals surface area contributed by atoms with E-state index in [1.54, 1.807) is 0 Å². The Labute approximate surface area is 429 Å². The van der Waals surface area contributed by atoms with Gasteiger partial charge in [-0.05, 0) is 70.6 Å². The summed E-state index contributed by atoms with van der Waals surface area (Å²) >= 11 is 0. The van der Waals surface area contributed by atoms with Gasteiger partial charge < -0.3 is 64.2 Å². The number of hydrogen-bond acceptors (Lipinski definition) is 14. The number of esters is 1. The Morgan fingerprint density at radius 2 is 0.915 bits per heavy atom. The van der Waals surface area contributed by atoms with Gasteiger partial charge in [0.1, 0.15) is 54.9 Å². The molecule has 2 aliphatic heterocycles. The van der Waals surface area contributed by atoms with E-state index in [0.29, 0.717) is 13.0 Å². The molecule has 7 N–H and O–H groups in total. The van der Waals surface area contributed by atoms with Crippen LogP contribution < -0.4 is 0 Å². The van der Waals surface area contributed by atoms with E-state index in [-0.39, 0.29) is 19.6 Å². The molecule has 14 nitrogen and oxygen atoms in total. The van der Waals surface area contributed by atoms with E-state index in [1.807, 2.05) is 0 Å². The third-order valence-corrected chi connectivity index (χ3v) is 13.3. The number of carbonyl (C=O) groups is 1. The summed E-state index contributed by atoms with van der Waals surface area (Å²) in [5.41, 5.74) is 0. The fraction of sp³-hybridized carbons (Fsp3) is 0.842. The Bertz CT molecular complexity index is 1360. The summed E-state index contributed by atoms with van der Waals surface area (Å²) in [7, 11) is 0. The molecular formula is C57H102O14. The molecule has 0 amide bonds. The number of unbranched alkanes of at least 4 members (excludes halogenated alkanes) is 23. The van der Waals surface area contributed by atoms with Crippen molar-refractivity contribution in [3.63, 3.8) is 0 Å². The molecule has 2 rings (SSSR count). The number of rotatable bonds is 45. The quantitative estimate of drug-likeness (QED) is 0.0172. The van der Waals surface area contributed by atoms with Crippen LogP contribution in [0, 0.1) is 0 Å². The number of hydrogen-bond donors (Lipinski definition) is 7. The second-order valence-corrected chi connectivity index (χ2v) is 19.7. The van der Waals surface area contributed by atoms with E-state index >= 15 is 0 Å². The van der Waals surface area contributed by atoms with Crippen molar-refractivity contribution in [2.24, 2.45) is 0 Å². The van der Waals surface area contributed by atoms with E-state index < -0.39 is 86.7 Å². The highest BCUT2D eigenvalue weighted by Gasteiger charge is 2.47. The van der Waals surface area contributed by atoms with Crippen LogP contribution in [0.5, 0.6) is 0 Å². The molecule has 2 fully saturated rings. The van der Waals surface area contributed by atoms with E-state index in [4.69, 9.17) is 28.4 Å². The first-order valence-corrected chi connectivity index (χ1v) is 28.2. The lowest BCUT2D eigenvalue weighted by Crippen LogP contribution is -2.61. The summed E-state index contributed by atoms with van der Waals surface area (Å²) in [6.45, 7) is 3.56. The van der Waals surface area contributed by atoms with Crippen molar-refractivity contribution in [2.75, 3.05) is 33.0 Å². The summed E-state index contributed by atoms with van der Waals surface area (Å²) in [4.78, 5) is 13.0. The SMILES string of the molecule is CC/C=C\C/C=C\C/C=C\CCCCCCCC(=O)OC(COCCCCCCCCCCCC/C=C\CCCCCCCCCC)COC1OC(COC2OC(CO)C(O)C(O)C2O)C(O)C(O)C1O. The minimum Gasteiger partial charge on any atom is -0.457 e. The number of aliphatic hydroxyl groups excluding tert-OH is 7. The molecule has 0 saturated carbocycles. The summed E-state index contributed by atoms with van der Waals surface area (Å²) in [6.07, 6.45) is 36.0.